The van der Waals surface area contributed by atoms with Crippen LogP contribution in [0.5, 0.6) is 11.5 Å². The van der Waals surface area contributed by atoms with Gasteiger partial charge in [0.25, 0.3) is 0 Å². The largest absolute Gasteiger partial charge is 0.508 e. The Bertz CT molecular complexity index is 990. The summed E-state index contributed by atoms with van der Waals surface area (Å²) in [5.74, 6) is -0.839. The smallest absolute Gasteiger partial charge is 0.468 e. The van der Waals surface area contributed by atoms with Crippen molar-refractivity contribution in [3.63, 3.8) is 0 Å². The van der Waals surface area contributed by atoms with E-state index in [4.69, 9.17) is 23.7 Å². The number of nitrogens with one attached hydrogen (secondary N) is 1. The molecule has 0 bridgehead atoms. The molecule has 10 heteroatoms. The van der Waals surface area contributed by atoms with Crippen molar-refractivity contribution in [2.24, 2.45) is 16.7 Å². The Morgan fingerprint density at radius 2 is 1.38 bits per heavy atom. The number of hydrogen-bond donors (Lipinski definition) is 1. The van der Waals surface area contributed by atoms with Gasteiger partial charge >= 0.3 is 24.1 Å². The van der Waals surface area contributed by atoms with Crippen LogP contribution in [0.25, 0.3) is 0 Å². The number of carbonyl (C=O) groups is 4. The lowest BCUT2D eigenvalue weighted by Crippen LogP contribution is -2.41. The maximum Gasteiger partial charge on any atom is 0.508 e. The van der Waals surface area contributed by atoms with Crippen molar-refractivity contribution in [3.05, 3.63) is 23.8 Å². The van der Waals surface area contributed by atoms with Gasteiger partial charge in [0.05, 0.1) is 26.6 Å². The Hall–Kier alpha value is -3.14. The average molecular weight is 566 g/mol. The Morgan fingerprint density at radius 1 is 0.825 bits per heavy atom. The van der Waals surface area contributed by atoms with Crippen molar-refractivity contribution in [3.8, 4) is 11.5 Å². The van der Waals surface area contributed by atoms with Crippen LogP contribution in [0.2, 0.25) is 0 Å². The van der Waals surface area contributed by atoms with Crippen LogP contribution in [0, 0.1) is 16.7 Å². The third-order valence-corrected chi connectivity index (χ3v) is 5.36. The zero-order chi connectivity index (χ0) is 30.5. The fourth-order valence-electron chi connectivity index (χ4n) is 3.43. The number of hydrogen-bond acceptors (Lipinski definition) is 10. The van der Waals surface area contributed by atoms with Gasteiger partial charge in [-0.05, 0) is 47.3 Å². The summed E-state index contributed by atoms with van der Waals surface area (Å²) in [5.41, 5.74) is 0.0420. The Balaban J connectivity index is 2.97. The van der Waals surface area contributed by atoms with E-state index in [0.29, 0.717) is 11.5 Å². The van der Waals surface area contributed by atoms with E-state index in [2.05, 4.69) is 5.32 Å². The highest BCUT2D eigenvalue weighted by atomic mass is 16.7. The minimum absolute atomic E-state index is 0.00760. The second kappa shape index (κ2) is 16.2. The number of rotatable bonds is 14. The quantitative estimate of drug-likeness (QED) is 0.182. The van der Waals surface area contributed by atoms with Crippen LogP contribution in [0.3, 0.4) is 0 Å². The molecule has 1 aromatic carbocycles. The Labute approximate surface area is 238 Å². The normalized spacial score (nSPS) is 12.4. The van der Waals surface area contributed by atoms with Gasteiger partial charge in [-0.15, -0.1) is 0 Å². The highest BCUT2D eigenvalue weighted by Gasteiger charge is 2.24. The van der Waals surface area contributed by atoms with Gasteiger partial charge in [-0.3, -0.25) is 14.4 Å². The van der Waals surface area contributed by atoms with Crippen molar-refractivity contribution < 1.29 is 42.9 Å². The molecule has 0 aliphatic heterocycles. The summed E-state index contributed by atoms with van der Waals surface area (Å²) in [6.07, 6.45) is 0.464. The minimum atomic E-state index is -0.780. The Morgan fingerprint density at radius 3 is 1.90 bits per heavy atom. The zero-order valence-corrected chi connectivity index (χ0v) is 25.5. The molecule has 1 atom stereocenters. The number of methoxy groups -OCH3 is 1. The van der Waals surface area contributed by atoms with Crippen LogP contribution >= 0.6 is 0 Å². The summed E-state index contributed by atoms with van der Waals surface area (Å²) < 4.78 is 26.1. The maximum atomic E-state index is 12.6. The molecule has 226 valence electrons. The molecule has 0 saturated heterocycles. The van der Waals surface area contributed by atoms with Gasteiger partial charge in [-0.1, -0.05) is 61.5 Å². The second-order valence-electron chi connectivity index (χ2n) is 12.6. The highest BCUT2D eigenvalue weighted by Crippen LogP contribution is 2.32. The molecule has 0 amide bonds. The highest BCUT2D eigenvalue weighted by molar-refractivity contribution is 5.78. The first-order valence-corrected chi connectivity index (χ1v) is 13.6. The van der Waals surface area contributed by atoms with Gasteiger partial charge in [0, 0.05) is 6.54 Å². The predicted octanol–water partition coefficient (Wildman–Crippen LogP) is 5.24. The molecule has 0 heterocycles. The van der Waals surface area contributed by atoms with E-state index in [-0.39, 0.29) is 61.3 Å². The van der Waals surface area contributed by atoms with Crippen LogP contribution in [0.15, 0.2) is 18.2 Å². The van der Waals surface area contributed by atoms with Crippen molar-refractivity contribution in [1.29, 1.82) is 0 Å². The van der Waals surface area contributed by atoms with Crippen molar-refractivity contribution >= 4 is 24.1 Å². The summed E-state index contributed by atoms with van der Waals surface area (Å²) in [6.45, 7) is 16.0. The molecule has 0 radical (unpaired) electrons. The lowest BCUT2D eigenvalue weighted by atomic mass is 9.92. The molecule has 0 unspecified atom stereocenters. The fourth-order valence-corrected chi connectivity index (χ4v) is 3.43. The average Bonchev–Trinajstić information content (AvgIpc) is 2.79. The molecular formula is C30H47NO9. The summed E-state index contributed by atoms with van der Waals surface area (Å²) in [5, 5.41) is 3.01. The molecule has 0 spiro atoms. The van der Waals surface area contributed by atoms with E-state index < -0.39 is 30.1 Å². The van der Waals surface area contributed by atoms with Crippen molar-refractivity contribution in [2.45, 2.75) is 87.1 Å². The summed E-state index contributed by atoms with van der Waals surface area (Å²) >= 11 is 0. The molecule has 1 rings (SSSR count). The van der Waals surface area contributed by atoms with Gasteiger partial charge in [-0.25, -0.2) is 4.79 Å². The summed E-state index contributed by atoms with van der Waals surface area (Å²) in [6, 6.07) is 4.01. The third kappa shape index (κ3) is 15.5. The van der Waals surface area contributed by atoms with E-state index in [1.807, 2.05) is 55.4 Å². The Kier molecular flexibility index (Phi) is 14.1. The monoisotopic (exact) mass is 565 g/mol. The van der Waals surface area contributed by atoms with Gasteiger partial charge in [0.15, 0.2) is 11.5 Å². The minimum Gasteiger partial charge on any atom is -0.468 e. The van der Waals surface area contributed by atoms with Crippen LogP contribution in [-0.2, 0) is 35.0 Å². The van der Waals surface area contributed by atoms with E-state index in [9.17, 15) is 19.2 Å². The molecular weight excluding hydrogens is 518 g/mol. The molecule has 0 aliphatic carbocycles. The summed E-state index contributed by atoms with van der Waals surface area (Å²) in [4.78, 5) is 49.2. The molecule has 0 aliphatic rings. The van der Waals surface area contributed by atoms with Gasteiger partial charge in [0.2, 0.25) is 0 Å². The molecule has 40 heavy (non-hydrogen) atoms. The fraction of sp³-hybridized carbons (Fsp3) is 0.667. The lowest BCUT2D eigenvalue weighted by molar-refractivity contribution is -0.143. The van der Waals surface area contributed by atoms with Gasteiger partial charge in [0.1, 0.15) is 12.6 Å². The van der Waals surface area contributed by atoms with E-state index in [1.54, 1.807) is 18.2 Å². The molecule has 1 N–H and O–H groups in total. The van der Waals surface area contributed by atoms with Crippen molar-refractivity contribution in [1.82, 2.24) is 5.32 Å². The van der Waals surface area contributed by atoms with Gasteiger partial charge in [-0.2, -0.15) is 0 Å². The first kappa shape index (κ1) is 34.9. The number of esters is 3. The molecule has 0 aromatic heterocycles. The SMILES string of the molecule is COC(=O)[C@H](Cc1ccc(OC(=O)CC(C)(C)C)c(OC(=O)CC(C)(C)C)c1)NCCOC(=O)OCCC(C)C. The molecule has 0 fully saturated rings. The zero-order valence-electron chi connectivity index (χ0n) is 25.5. The van der Waals surface area contributed by atoms with Crippen molar-refractivity contribution in [2.75, 3.05) is 26.9 Å². The molecule has 1 aromatic rings. The van der Waals surface area contributed by atoms with Crippen LogP contribution in [0.4, 0.5) is 4.79 Å². The number of ether oxygens (including phenoxy) is 5. The van der Waals surface area contributed by atoms with Crippen LogP contribution < -0.4 is 14.8 Å². The van der Waals surface area contributed by atoms with Crippen LogP contribution in [0.1, 0.15) is 80.2 Å². The van der Waals surface area contributed by atoms with E-state index in [1.165, 1.54) is 7.11 Å². The van der Waals surface area contributed by atoms with Gasteiger partial charge < -0.3 is 29.0 Å². The standard InChI is InChI=1S/C30H47NO9/c1-20(2)12-14-37-28(35)38-15-13-31-22(27(34)36-9)16-21-10-11-23(39-25(32)18-29(3,4)5)24(17-21)40-26(33)19-30(6,7)8/h10-11,17,20,22,31H,12-16,18-19H2,1-9H3/t22-/m0/s1. The predicted molar refractivity (Wildman–Crippen MR) is 150 cm³/mol. The topological polar surface area (TPSA) is 126 Å². The van der Waals surface area contributed by atoms with E-state index in [0.717, 1.165) is 6.42 Å². The number of benzene rings is 1. The first-order chi connectivity index (χ1) is 18.5. The maximum absolute atomic E-state index is 12.6. The second-order valence-corrected chi connectivity index (χ2v) is 12.6. The number of carbonyl (C=O) groups excluding carboxylic acids is 4. The summed E-state index contributed by atoms with van der Waals surface area (Å²) in [7, 11) is 1.27. The molecule has 0 saturated carbocycles. The third-order valence-electron chi connectivity index (χ3n) is 5.36. The lowest BCUT2D eigenvalue weighted by Gasteiger charge is -2.20. The van der Waals surface area contributed by atoms with Crippen LogP contribution in [-0.4, -0.2) is 57.0 Å². The molecule has 10 nitrogen and oxygen atoms in total. The van der Waals surface area contributed by atoms with E-state index >= 15 is 0 Å². The first-order valence-electron chi connectivity index (χ1n) is 13.6.